The molecule has 0 saturated carbocycles. The molecule has 1 aliphatic heterocycles. The fraction of sp³-hybridized carbons (Fsp3) is 0.300. The number of hydrogen-bond acceptors (Lipinski definition) is 4. The Labute approximate surface area is 96.1 Å². The lowest BCUT2D eigenvalue weighted by Gasteiger charge is -2.16. The van der Waals surface area contributed by atoms with E-state index in [9.17, 15) is 9.59 Å². The Morgan fingerprint density at radius 3 is 2.88 bits per heavy atom. The van der Waals surface area contributed by atoms with Gasteiger partial charge in [0.1, 0.15) is 5.69 Å². The Morgan fingerprint density at radius 1 is 1.50 bits per heavy atom. The van der Waals surface area contributed by atoms with Crippen LogP contribution < -0.4 is 5.73 Å². The minimum Gasteiger partial charge on any atom is -0.478 e. The third kappa shape index (κ3) is 1.88. The first-order valence-corrected chi connectivity index (χ1v) is 5.88. The number of carbonyl (C=O) groups excluding carboxylic acids is 1. The second kappa shape index (κ2) is 4.13. The summed E-state index contributed by atoms with van der Waals surface area (Å²) < 4.78 is 0. The van der Waals surface area contributed by atoms with Crippen molar-refractivity contribution < 1.29 is 14.7 Å². The largest absolute Gasteiger partial charge is 0.478 e. The summed E-state index contributed by atoms with van der Waals surface area (Å²) in [6, 6.07) is 1.51. The van der Waals surface area contributed by atoms with Gasteiger partial charge in [-0.2, -0.15) is 11.8 Å². The number of fused-ring (bicyclic) bond motifs is 1. The first-order chi connectivity index (χ1) is 7.59. The van der Waals surface area contributed by atoms with Crippen LogP contribution in [0.2, 0.25) is 0 Å². The van der Waals surface area contributed by atoms with Crippen molar-refractivity contribution in [2.75, 3.05) is 5.75 Å². The van der Waals surface area contributed by atoms with E-state index >= 15 is 0 Å². The number of aryl methyl sites for hydroxylation is 1. The minimum absolute atomic E-state index is 0.103. The topological polar surface area (TPSA) is 93.3 Å². The number of aromatic nitrogens is 1. The Kier molecular flexibility index (Phi) is 2.82. The number of carbonyl (C=O) groups is 2. The number of carboxylic acid groups (broad SMARTS) is 1. The van der Waals surface area contributed by atoms with Gasteiger partial charge in [-0.05, 0) is 23.8 Å². The molecule has 1 aromatic rings. The van der Waals surface area contributed by atoms with E-state index in [0.717, 1.165) is 29.2 Å². The maximum absolute atomic E-state index is 11.1. The van der Waals surface area contributed by atoms with Gasteiger partial charge in [0.15, 0.2) is 0 Å². The van der Waals surface area contributed by atoms with Gasteiger partial charge in [0.05, 0.1) is 5.56 Å². The van der Waals surface area contributed by atoms with Crippen LogP contribution in [0.5, 0.6) is 0 Å². The van der Waals surface area contributed by atoms with Gasteiger partial charge < -0.3 is 10.8 Å². The van der Waals surface area contributed by atoms with Crippen molar-refractivity contribution in [2.24, 2.45) is 5.73 Å². The van der Waals surface area contributed by atoms with E-state index in [4.69, 9.17) is 10.8 Å². The van der Waals surface area contributed by atoms with Crippen LogP contribution >= 0.6 is 11.8 Å². The lowest BCUT2D eigenvalue weighted by Crippen LogP contribution is -2.21. The zero-order valence-corrected chi connectivity index (χ0v) is 9.21. The maximum Gasteiger partial charge on any atom is 0.338 e. The molecule has 6 heteroatoms. The molecule has 0 spiro atoms. The molecule has 2 heterocycles. The van der Waals surface area contributed by atoms with Crippen LogP contribution in [0, 0.1) is 0 Å². The molecule has 1 aliphatic rings. The normalized spacial score (nSPS) is 14.2. The summed E-state index contributed by atoms with van der Waals surface area (Å²) in [5.74, 6) is -0.287. The van der Waals surface area contributed by atoms with Crippen molar-refractivity contribution in [3.8, 4) is 0 Å². The third-order valence-corrected chi connectivity index (χ3v) is 3.40. The number of hydrogen-bond donors (Lipinski definition) is 2. The molecule has 1 amide bonds. The van der Waals surface area contributed by atoms with Crippen LogP contribution in [0.15, 0.2) is 6.07 Å². The summed E-state index contributed by atoms with van der Waals surface area (Å²) in [6.45, 7) is 0. The molecule has 1 aromatic heterocycles. The summed E-state index contributed by atoms with van der Waals surface area (Å²) in [7, 11) is 0. The highest BCUT2D eigenvalue weighted by Crippen LogP contribution is 2.25. The van der Waals surface area contributed by atoms with Crippen molar-refractivity contribution in [3.63, 3.8) is 0 Å². The number of rotatable bonds is 2. The van der Waals surface area contributed by atoms with Gasteiger partial charge in [0.25, 0.3) is 5.91 Å². The van der Waals surface area contributed by atoms with Gasteiger partial charge in [-0.15, -0.1) is 0 Å². The molecule has 84 valence electrons. The molecular weight excluding hydrogens is 228 g/mol. The van der Waals surface area contributed by atoms with Gasteiger partial charge in [-0.3, -0.25) is 4.79 Å². The Hall–Kier alpha value is -1.56. The molecule has 16 heavy (non-hydrogen) atoms. The fourth-order valence-corrected chi connectivity index (χ4v) is 2.59. The van der Waals surface area contributed by atoms with Gasteiger partial charge in [0.2, 0.25) is 0 Å². The van der Waals surface area contributed by atoms with Gasteiger partial charge in [-0.1, -0.05) is 0 Å². The zero-order chi connectivity index (χ0) is 11.7. The minimum atomic E-state index is -1.17. The second-order valence-electron chi connectivity index (χ2n) is 3.46. The van der Waals surface area contributed by atoms with E-state index in [1.54, 1.807) is 11.8 Å². The Bertz CT molecular complexity index is 430. The molecule has 0 aliphatic carbocycles. The molecule has 5 nitrogen and oxygen atoms in total. The molecule has 0 unspecified atom stereocenters. The summed E-state index contributed by atoms with van der Waals surface area (Å²) in [6.07, 6.45) is 0.750. The van der Waals surface area contributed by atoms with E-state index in [2.05, 4.69) is 4.98 Å². The number of primary amides is 1. The van der Waals surface area contributed by atoms with Gasteiger partial charge >= 0.3 is 5.97 Å². The lowest BCUT2D eigenvalue weighted by atomic mass is 10.1. The van der Waals surface area contributed by atoms with Crippen LogP contribution in [0.3, 0.4) is 0 Å². The number of nitrogens with zero attached hydrogens (tertiary/aromatic N) is 1. The van der Waals surface area contributed by atoms with Crippen LogP contribution in [0.4, 0.5) is 0 Å². The molecule has 0 bridgehead atoms. The second-order valence-corrected chi connectivity index (χ2v) is 4.57. The average molecular weight is 238 g/mol. The number of thioether (sulfide) groups is 1. The fourth-order valence-electron chi connectivity index (χ4n) is 1.64. The molecule has 0 atom stereocenters. The highest BCUT2D eigenvalue weighted by Gasteiger charge is 2.21. The van der Waals surface area contributed by atoms with Crippen molar-refractivity contribution in [1.29, 1.82) is 0 Å². The highest BCUT2D eigenvalue weighted by molar-refractivity contribution is 7.98. The summed E-state index contributed by atoms with van der Waals surface area (Å²) >= 11 is 1.72. The predicted octanol–water partition coefficient (Wildman–Crippen LogP) is 0.668. The molecular formula is C10H10N2O3S. The predicted molar refractivity (Wildman–Crippen MR) is 59.6 cm³/mol. The number of amides is 1. The molecule has 2 rings (SSSR count). The van der Waals surface area contributed by atoms with Crippen molar-refractivity contribution >= 4 is 23.6 Å². The number of nitrogens with two attached hydrogens (primary N) is 1. The van der Waals surface area contributed by atoms with Crippen LogP contribution in [0.1, 0.15) is 32.1 Å². The SMILES string of the molecule is NC(=O)c1nc2c(cc1C(=O)O)CSCC2. The van der Waals surface area contributed by atoms with Crippen LogP contribution in [-0.4, -0.2) is 27.7 Å². The first kappa shape index (κ1) is 10.9. The summed E-state index contributed by atoms with van der Waals surface area (Å²) in [5.41, 5.74) is 6.55. The zero-order valence-electron chi connectivity index (χ0n) is 8.40. The highest BCUT2D eigenvalue weighted by atomic mass is 32.2. The maximum atomic E-state index is 11.1. The molecule has 0 radical (unpaired) electrons. The van der Waals surface area contributed by atoms with Crippen molar-refractivity contribution in [3.05, 3.63) is 28.6 Å². The van der Waals surface area contributed by atoms with Gasteiger partial charge in [0, 0.05) is 11.4 Å². The van der Waals surface area contributed by atoms with Crippen molar-refractivity contribution in [2.45, 2.75) is 12.2 Å². The third-order valence-electron chi connectivity index (χ3n) is 2.40. The Balaban J connectivity index is 2.59. The number of aromatic carboxylic acids is 1. The average Bonchev–Trinajstić information content (AvgIpc) is 2.27. The Morgan fingerprint density at radius 2 is 2.25 bits per heavy atom. The molecule has 0 fully saturated rings. The quantitative estimate of drug-likeness (QED) is 0.789. The van der Waals surface area contributed by atoms with Crippen LogP contribution in [0.25, 0.3) is 0 Å². The summed E-state index contributed by atoms with van der Waals surface area (Å²) in [5, 5.41) is 8.96. The van der Waals surface area contributed by atoms with Gasteiger partial charge in [-0.25, -0.2) is 9.78 Å². The van der Waals surface area contributed by atoms with E-state index in [1.807, 2.05) is 0 Å². The molecule has 0 saturated heterocycles. The van der Waals surface area contributed by atoms with E-state index < -0.39 is 11.9 Å². The molecule has 3 N–H and O–H groups in total. The number of carboxylic acids is 1. The number of pyridine rings is 1. The lowest BCUT2D eigenvalue weighted by molar-refractivity contribution is 0.0691. The van der Waals surface area contributed by atoms with E-state index in [0.29, 0.717) is 0 Å². The monoisotopic (exact) mass is 238 g/mol. The smallest absolute Gasteiger partial charge is 0.338 e. The first-order valence-electron chi connectivity index (χ1n) is 4.73. The standard InChI is InChI=1S/C10H10N2O3S/c11-9(13)8-6(10(14)15)3-5-4-16-2-1-7(5)12-8/h3H,1-2,4H2,(H2,11,13)(H,14,15). The van der Waals surface area contributed by atoms with E-state index in [-0.39, 0.29) is 11.3 Å². The van der Waals surface area contributed by atoms with Crippen molar-refractivity contribution in [1.82, 2.24) is 4.98 Å². The van der Waals surface area contributed by atoms with E-state index in [1.165, 1.54) is 6.07 Å². The summed E-state index contributed by atoms with van der Waals surface area (Å²) in [4.78, 5) is 26.1. The molecule has 0 aromatic carbocycles. The van der Waals surface area contributed by atoms with Crippen LogP contribution in [-0.2, 0) is 12.2 Å².